The van der Waals surface area contributed by atoms with Gasteiger partial charge in [-0.3, -0.25) is 4.79 Å². The van der Waals surface area contributed by atoms with Gasteiger partial charge in [-0.1, -0.05) is 197 Å². The van der Waals surface area contributed by atoms with Crippen LogP contribution in [0.15, 0.2) is 48.6 Å². The molecule has 1 aliphatic heterocycles. The van der Waals surface area contributed by atoms with E-state index in [1.807, 2.05) is 0 Å². The first-order valence-electron chi connectivity index (χ1n) is 24.7. The van der Waals surface area contributed by atoms with E-state index in [9.17, 15) is 25.2 Å². The summed E-state index contributed by atoms with van der Waals surface area (Å²) in [6, 6.07) is 0. The zero-order valence-corrected chi connectivity index (χ0v) is 38.5. The quantitative estimate of drug-likeness (QED) is 0.0269. The number of hydrogen-bond donors (Lipinski definition) is 4. The minimum atomic E-state index is -1.54. The molecule has 6 unspecified atom stereocenters. The molecule has 0 radical (unpaired) electrons. The van der Waals surface area contributed by atoms with Crippen LogP contribution >= 0.6 is 0 Å². The van der Waals surface area contributed by atoms with Crippen LogP contribution in [0.3, 0.4) is 0 Å². The lowest BCUT2D eigenvalue weighted by atomic mass is 9.99. The summed E-state index contributed by atoms with van der Waals surface area (Å²) in [5, 5.41) is 40.2. The number of unbranched alkanes of at least 4 members (excludes halogenated alkanes) is 23. The zero-order valence-electron chi connectivity index (χ0n) is 38.5. The molecule has 9 nitrogen and oxygen atoms in total. The Hall–Kier alpha value is -1.85. The van der Waals surface area contributed by atoms with E-state index < -0.39 is 43.4 Å². The summed E-state index contributed by atoms with van der Waals surface area (Å²) in [5.74, 6) is -0.351. The highest BCUT2D eigenvalue weighted by Crippen LogP contribution is 2.23. The molecule has 60 heavy (non-hydrogen) atoms. The van der Waals surface area contributed by atoms with Crippen LogP contribution < -0.4 is 0 Å². The average Bonchev–Trinajstić information content (AvgIpc) is 3.25. The molecule has 0 aliphatic carbocycles. The fourth-order valence-corrected chi connectivity index (χ4v) is 7.43. The maximum Gasteiger partial charge on any atom is 0.306 e. The van der Waals surface area contributed by atoms with Crippen molar-refractivity contribution in [2.45, 2.75) is 243 Å². The van der Waals surface area contributed by atoms with Crippen LogP contribution in [0.2, 0.25) is 0 Å². The molecule has 0 aromatic heterocycles. The lowest BCUT2D eigenvalue weighted by molar-refractivity contribution is -0.305. The van der Waals surface area contributed by atoms with Crippen molar-refractivity contribution in [1.29, 1.82) is 0 Å². The third-order valence-corrected chi connectivity index (χ3v) is 11.3. The Labute approximate surface area is 367 Å². The van der Waals surface area contributed by atoms with E-state index in [0.717, 1.165) is 51.4 Å². The van der Waals surface area contributed by atoms with Gasteiger partial charge in [0.2, 0.25) is 0 Å². The molecule has 1 fully saturated rings. The molecule has 350 valence electrons. The van der Waals surface area contributed by atoms with Crippen LogP contribution in [0.5, 0.6) is 0 Å². The van der Waals surface area contributed by atoms with Gasteiger partial charge in [-0.05, 0) is 51.4 Å². The van der Waals surface area contributed by atoms with Gasteiger partial charge in [0.15, 0.2) is 6.29 Å². The summed E-state index contributed by atoms with van der Waals surface area (Å²) in [6.07, 6.45) is 45.8. The fraction of sp³-hybridized carbons (Fsp3) is 0.824. The number of carbonyl (C=O) groups is 1. The normalized spacial score (nSPS) is 20.4. The SMILES string of the molecule is CC/C=C\C/C=C\C/C=C\C/C=C\CCCCC(=O)OC(COCCCCCCCCCCCCCCCCCCCCCCCC)COC1OC(CO)C(O)C(O)C1O. The Morgan fingerprint density at radius 3 is 1.50 bits per heavy atom. The van der Waals surface area contributed by atoms with E-state index in [2.05, 4.69) is 62.5 Å². The maximum atomic E-state index is 12.8. The summed E-state index contributed by atoms with van der Waals surface area (Å²) in [4.78, 5) is 12.8. The van der Waals surface area contributed by atoms with Crippen molar-refractivity contribution in [2.24, 2.45) is 0 Å². The number of allylic oxidation sites excluding steroid dienone is 8. The van der Waals surface area contributed by atoms with Crippen molar-refractivity contribution in [3.63, 3.8) is 0 Å². The Balaban J connectivity index is 2.21. The van der Waals surface area contributed by atoms with Crippen molar-refractivity contribution in [3.05, 3.63) is 48.6 Å². The summed E-state index contributed by atoms with van der Waals surface area (Å²) in [7, 11) is 0. The van der Waals surface area contributed by atoms with Gasteiger partial charge >= 0.3 is 5.97 Å². The first kappa shape index (κ1) is 56.2. The maximum absolute atomic E-state index is 12.8. The van der Waals surface area contributed by atoms with Crippen LogP contribution in [0, 0.1) is 0 Å². The monoisotopic (exact) mass is 849 g/mol. The molecule has 6 atom stereocenters. The molecule has 0 spiro atoms. The predicted octanol–water partition coefficient (Wildman–Crippen LogP) is 11.7. The van der Waals surface area contributed by atoms with Gasteiger partial charge in [0.25, 0.3) is 0 Å². The Morgan fingerprint density at radius 2 is 1.02 bits per heavy atom. The highest BCUT2D eigenvalue weighted by molar-refractivity contribution is 5.69. The lowest BCUT2D eigenvalue weighted by Gasteiger charge is -2.39. The van der Waals surface area contributed by atoms with E-state index in [4.69, 9.17) is 18.9 Å². The fourth-order valence-electron chi connectivity index (χ4n) is 7.43. The minimum absolute atomic E-state index is 0.129. The minimum Gasteiger partial charge on any atom is -0.457 e. The summed E-state index contributed by atoms with van der Waals surface area (Å²) in [5.41, 5.74) is 0. The number of aliphatic hydroxyl groups is 4. The van der Waals surface area contributed by atoms with Crippen LogP contribution in [-0.4, -0.2) is 89.6 Å². The van der Waals surface area contributed by atoms with E-state index in [-0.39, 0.29) is 25.6 Å². The van der Waals surface area contributed by atoms with E-state index in [1.165, 1.54) is 128 Å². The Kier molecular flexibility index (Phi) is 39.7. The van der Waals surface area contributed by atoms with E-state index in [1.54, 1.807) is 0 Å². The largest absolute Gasteiger partial charge is 0.457 e. The molecular weight excluding hydrogens is 757 g/mol. The molecular formula is C51H92O9. The van der Waals surface area contributed by atoms with E-state index in [0.29, 0.717) is 13.0 Å². The second-order valence-corrected chi connectivity index (χ2v) is 16.9. The number of ether oxygens (including phenoxy) is 4. The smallest absolute Gasteiger partial charge is 0.306 e. The standard InChI is InChI=1S/C51H92O9/c1-3-5-7-9-11-13-15-17-19-20-21-22-23-24-25-27-29-31-33-35-37-39-41-57-43-45(44-58-51-50(56)49(55)48(54)46(42-52)60-51)59-47(53)40-38-36-34-32-30-28-26-18-16-14-12-10-8-6-4-2/h6,8,12,14,18,26,30,32,45-46,48-52,54-56H,3-5,7,9-11,13,15-17,19-25,27-29,31,33-44H2,1-2H3/b8-6-,14-12-,26-18-,32-30-. The number of hydrogen-bond acceptors (Lipinski definition) is 9. The molecule has 0 saturated carbocycles. The Morgan fingerprint density at radius 1 is 0.550 bits per heavy atom. The van der Waals surface area contributed by atoms with Gasteiger partial charge in [-0.15, -0.1) is 0 Å². The molecule has 9 heteroatoms. The van der Waals surface area contributed by atoms with Crippen LogP contribution in [0.1, 0.15) is 206 Å². The number of aliphatic hydroxyl groups excluding tert-OH is 4. The molecule has 0 aromatic carbocycles. The van der Waals surface area contributed by atoms with Crippen molar-refractivity contribution >= 4 is 5.97 Å². The second-order valence-electron chi connectivity index (χ2n) is 16.9. The van der Waals surface area contributed by atoms with Crippen molar-refractivity contribution in [2.75, 3.05) is 26.4 Å². The van der Waals surface area contributed by atoms with Crippen LogP contribution in [-0.2, 0) is 23.7 Å². The van der Waals surface area contributed by atoms with Gasteiger partial charge in [-0.2, -0.15) is 0 Å². The van der Waals surface area contributed by atoms with Gasteiger partial charge in [0.05, 0.1) is 19.8 Å². The number of rotatable bonds is 42. The molecule has 0 amide bonds. The van der Waals surface area contributed by atoms with Gasteiger partial charge in [0, 0.05) is 13.0 Å². The van der Waals surface area contributed by atoms with Gasteiger partial charge < -0.3 is 39.4 Å². The third-order valence-electron chi connectivity index (χ3n) is 11.3. The molecule has 1 saturated heterocycles. The topological polar surface area (TPSA) is 135 Å². The van der Waals surface area contributed by atoms with Gasteiger partial charge in [-0.25, -0.2) is 0 Å². The Bertz CT molecular complexity index is 1060. The highest BCUT2D eigenvalue weighted by Gasteiger charge is 2.44. The summed E-state index contributed by atoms with van der Waals surface area (Å²) >= 11 is 0. The third kappa shape index (κ3) is 32.8. The highest BCUT2D eigenvalue weighted by atomic mass is 16.7. The lowest BCUT2D eigenvalue weighted by Crippen LogP contribution is -2.59. The second kappa shape index (κ2) is 42.5. The molecule has 4 N–H and O–H groups in total. The summed E-state index contributed by atoms with van der Waals surface area (Å²) < 4.78 is 22.8. The first-order chi connectivity index (χ1) is 29.4. The molecule has 1 heterocycles. The average molecular weight is 849 g/mol. The van der Waals surface area contributed by atoms with Crippen LogP contribution in [0.4, 0.5) is 0 Å². The number of carbonyl (C=O) groups excluding carboxylic acids is 1. The predicted molar refractivity (Wildman–Crippen MR) is 247 cm³/mol. The van der Waals surface area contributed by atoms with Crippen LogP contribution in [0.25, 0.3) is 0 Å². The first-order valence-corrected chi connectivity index (χ1v) is 24.7. The molecule has 0 bridgehead atoms. The number of esters is 1. The molecule has 1 rings (SSSR count). The molecule has 0 aromatic rings. The summed E-state index contributed by atoms with van der Waals surface area (Å²) in [6.45, 7) is 4.42. The van der Waals surface area contributed by atoms with Crippen molar-refractivity contribution in [3.8, 4) is 0 Å². The van der Waals surface area contributed by atoms with Crippen molar-refractivity contribution in [1.82, 2.24) is 0 Å². The van der Waals surface area contributed by atoms with Gasteiger partial charge in [0.1, 0.15) is 30.5 Å². The molecule has 1 aliphatic rings. The van der Waals surface area contributed by atoms with E-state index >= 15 is 0 Å². The zero-order chi connectivity index (χ0) is 43.6. The van der Waals surface area contributed by atoms with Crippen molar-refractivity contribution < 1.29 is 44.2 Å².